The van der Waals surface area contributed by atoms with Gasteiger partial charge in [0, 0.05) is 17.8 Å². The van der Waals surface area contributed by atoms with Gasteiger partial charge in [-0.15, -0.1) is 0 Å². The van der Waals surface area contributed by atoms with Crippen LogP contribution >= 0.6 is 0 Å². The minimum Gasteiger partial charge on any atom is -0.493 e. The molecular formula is C16H27NO2. The van der Waals surface area contributed by atoms with Crippen LogP contribution in [0, 0.1) is 0 Å². The predicted octanol–water partition coefficient (Wildman–Crippen LogP) is 4.47. The van der Waals surface area contributed by atoms with Gasteiger partial charge < -0.3 is 14.8 Å². The summed E-state index contributed by atoms with van der Waals surface area (Å²) in [4.78, 5) is 0. The molecular weight excluding hydrogens is 238 g/mol. The average molecular weight is 265 g/mol. The third-order valence-corrected chi connectivity index (χ3v) is 3.12. The highest BCUT2D eigenvalue weighted by molar-refractivity contribution is 5.55. The van der Waals surface area contributed by atoms with Gasteiger partial charge in [-0.25, -0.2) is 0 Å². The molecule has 1 aromatic rings. The van der Waals surface area contributed by atoms with Gasteiger partial charge in [0.2, 0.25) is 0 Å². The van der Waals surface area contributed by atoms with Crippen LogP contribution in [-0.2, 0) is 0 Å². The predicted molar refractivity (Wildman–Crippen MR) is 81.4 cm³/mol. The van der Waals surface area contributed by atoms with Crippen LogP contribution in [0.4, 0.5) is 5.69 Å². The number of rotatable bonds is 9. The fourth-order valence-corrected chi connectivity index (χ4v) is 2.09. The van der Waals surface area contributed by atoms with Crippen LogP contribution in [0.3, 0.4) is 0 Å². The second-order valence-electron chi connectivity index (χ2n) is 4.84. The second kappa shape index (κ2) is 8.68. The Kier molecular flexibility index (Phi) is 7.16. The van der Waals surface area contributed by atoms with Crippen molar-refractivity contribution < 1.29 is 9.47 Å². The van der Waals surface area contributed by atoms with E-state index < -0.39 is 0 Å². The summed E-state index contributed by atoms with van der Waals surface area (Å²) in [6, 6.07) is 6.48. The van der Waals surface area contributed by atoms with Crippen LogP contribution in [0.2, 0.25) is 0 Å². The molecule has 0 saturated carbocycles. The molecule has 1 aromatic carbocycles. The summed E-state index contributed by atoms with van der Waals surface area (Å²) in [7, 11) is 1.67. The summed E-state index contributed by atoms with van der Waals surface area (Å²) in [6.07, 6.45) is 5.05. The Morgan fingerprint density at radius 2 is 1.95 bits per heavy atom. The van der Waals surface area contributed by atoms with E-state index in [0.717, 1.165) is 17.2 Å². The van der Waals surface area contributed by atoms with Crippen molar-refractivity contribution in [3.8, 4) is 11.5 Å². The Labute approximate surface area is 117 Å². The number of unbranched alkanes of at least 4 members (excludes halogenated alkanes) is 2. The lowest BCUT2D eigenvalue weighted by molar-refractivity contribution is 0.311. The van der Waals surface area contributed by atoms with E-state index in [1.54, 1.807) is 7.11 Å². The van der Waals surface area contributed by atoms with Crippen molar-refractivity contribution in [3.05, 3.63) is 18.2 Å². The Morgan fingerprint density at radius 1 is 1.16 bits per heavy atom. The van der Waals surface area contributed by atoms with Crippen LogP contribution < -0.4 is 14.8 Å². The molecule has 0 aromatic heterocycles. The number of anilines is 1. The molecule has 3 heteroatoms. The minimum atomic E-state index is 0.481. The normalized spacial score (nSPS) is 12.0. The molecule has 0 aliphatic heterocycles. The third kappa shape index (κ3) is 5.41. The smallest absolute Gasteiger partial charge is 0.163 e. The Morgan fingerprint density at radius 3 is 2.58 bits per heavy atom. The summed E-state index contributed by atoms with van der Waals surface area (Å²) in [5.41, 5.74) is 1.09. The highest BCUT2D eigenvalue weighted by Crippen LogP contribution is 2.30. The van der Waals surface area contributed by atoms with E-state index in [0.29, 0.717) is 12.6 Å². The van der Waals surface area contributed by atoms with Crippen LogP contribution in [0.15, 0.2) is 18.2 Å². The maximum Gasteiger partial charge on any atom is 0.163 e. The molecule has 0 amide bonds. The first kappa shape index (κ1) is 15.7. The third-order valence-electron chi connectivity index (χ3n) is 3.12. The number of methoxy groups -OCH3 is 1. The number of benzene rings is 1. The molecule has 0 saturated heterocycles. The first-order chi connectivity index (χ1) is 9.21. The average Bonchev–Trinajstić information content (AvgIpc) is 2.40. The summed E-state index contributed by atoms with van der Waals surface area (Å²) in [5.74, 6) is 1.58. The number of hydrogen-bond donors (Lipinski definition) is 1. The Hall–Kier alpha value is -1.38. The summed E-state index contributed by atoms with van der Waals surface area (Å²) < 4.78 is 10.9. The Bertz CT molecular complexity index is 366. The molecule has 108 valence electrons. The highest BCUT2D eigenvalue weighted by Gasteiger charge is 2.07. The van der Waals surface area contributed by atoms with Gasteiger partial charge in [-0.2, -0.15) is 0 Å². The fourth-order valence-electron chi connectivity index (χ4n) is 2.09. The zero-order valence-corrected chi connectivity index (χ0v) is 12.7. The minimum absolute atomic E-state index is 0.481. The van der Waals surface area contributed by atoms with Crippen LogP contribution in [0.25, 0.3) is 0 Å². The van der Waals surface area contributed by atoms with E-state index in [4.69, 9.17) is 9.47 Å². The van der Waals surface area contributed by atoms with Crippen molar-refractivity contribution in [1.82, 2.24) is 0 Å². The lowest BCUT2D eigenvalue weighted by Crippen LogP contribution is -2.14. The molecule has 1 unspecified atom stereocenters. The zero-order valence-electron chi connectivity index (χ0n) is 12.7. The van der Waals surface area contributed by atoms with E-state index in [2.05, 4.69) is 19.2 Å². The molecule has 0 radical (unpaired) electrons. The molecule has 19 heavy (non-hydrogen) atoms. The molecule has 0 spiro atoms. The van der Waals surface area contributed by atoms with Crippen molar-refractivity contribution >= 4 is 5.69 Å². The van der Waals surface area contributed by atoms with Gasteiger partial charge >= 0.3 is 0 Å². The van der Waals surface area contributed by atoms with E-state index in [-0.39, 0.29) is 0 Å². The van der Waals surface area contributed by atoms with E-state index in [9.17, 15) is 0 Å². The molecule has 1 atom stereocenters. The number of hydrogen-bond acceptors (Lipinski definition) is 3. The second-order valence-corrected chi connectivity index (χ2v) is 4.84. The van der Waals surface area contributed by atoms with Gasteiger partial charge in [0.05, 0.1) is 13.7 Å². The molecule has 0 aliphatic rings. The van der Waals surface area contributed by atoms with Crippen LogP contribution in [0.1, 0.15) is 46.5 Å². The number of nitrogens with one attached hydrogen (secondary N) is 1. The first-order valence-electron chi connectivity index (χ1n) is 7.28. The number of ether oxygens (including phenoxy) is 2. The van der Waals surface area contributed by atoms with E-state index in [1.165, 1.54) is 25.7 Å². The van der Waals surface area contributed by atoms with Gasteiger partial charge in [0.1, 0.15) is 0 Å². The molecule has 0 aliphatic carbocycles. The molecule has 1 rings (SSSR count). The molecule has 0 fully saturated rings. The molecule has 0 heterocycles. The van der Waals surface area contributed by atoms with Crippen LogP contribution in [-0.4, -0.2) is 19.8 Å². The first-order valence-corrected chi connectivity index (χ1v) is 7.28. The van der Waals surface area contributed by atoms with Crippen LogP contribution in [0.5, 0.6) is 11.5 Å². The van der Waals surface area contributed by atoms with Gasteiger partial charge in [-0.05, 0) is 32.4 Å². The zero-order chi connectivity index (χ0) is 14.1. The summed E-state index contributed by atoms with van der Waals surface area (Å²) in [5, 5.41) is 3.52. The molecule has 0 bridgehead atoms. The molecule has 1 N–H and O–H groups in total. The lowest BCUT2D eigenvalue weighted by Gasteiger charge is -2.17. The quantitative estimate of drug-likeness (QED) is 0.668. The van der Waals surface area contributed by atoms with E-state index >= 15 is 0 Å². The molecule has 3 nitrogen and oxygen atoms in total. The maximum atomic E-state index is 5.58. The van der Waals surface area contributed by atoms with Crippen molar-refractivity contribution in [3.63, 3.8) is 0 Å². The Balaban J connectivity index is 2.60. The largest absolute Gasteiger partial charge is 0.493 e. The summed E-state index contributed by atoms with van der Waals surface area (Å²) in [6.45, 7) is 7.08. The van der Waals surface area contributed by atoms with Gasteiger partial charge in [-0.1, -0.05) is 26.2 Å². The lowest BCUT2D eigenvalue weighted by atomic mass is 10.1. The fraction of sp³-hybridized carbons (Fsp3) is 0.625. The van der Waals surface area contributed by atoms with Crippen molar-refractivity contribution in [2.45, 2.75) is 52.5 Å². The van der Waals surface area contributed by atoms with Gasteiger partial charge in [-0.3, -0.25) is 0 Å². The maximum absolute atomic E-state index is 5.58. The van der Waals surface area contributed by atoms with Crippen molar-refractivity contribution in [2.75, 3.05) is 19.0 Å². The standard InChI is InChI=1S/C16H27NO2/c1-5-7-8-9-13(3)17-14-10-11-15(18-4)16(12-14)19-6-2/h10-13,17H,5-9H2,1-4H3. The van der Waals surface area contributed by atoms with Gasteiger partial charge in [0.15, 0.2) is 11.5 Å². The van der Waals surface area contributed by atoms with E-state index in [1.807, 2.05) is 25.1 Å². The SMILES string of the molecule is CCCCCC(C)Nc1ccc(OC)c(OCC)c1. The van der Waals surface area contributed by atoms with Crippen molar-refractivity contribution in [1.29, 1.82) is 0 Å². The topological polar surface area (TPSA) is 30.5 Å². The van der Waals surface area contributed by atoms with Crippen molar-refractivity contribution in [2.24, 2.45) is 0 Å². The monoisotopic (exact) mass is 265 g/mol. The summed E-state index contributed by atoms with van der Waals surface area (Å²) >= 11 is 0. The highest BCUT2D eigenvalue weighted by atomic mass is 16.5. The van der Waals surface area contributed by atoms with Gasteiger partial charge in [0.25, 0.3) is 0 Å².